The number of hydrogen-bond donors (Lipinski definition) is 0. The van der Waals surface area contributed by atoms with E-state index in [1.54, 1.807) is 17.0 Å². The Morgan fingerprint density at radius 1 is 1.09 bits per heavy atom. The van der Waals surface area contributed by atoms with Crippen molar-refractivity contribution in [1.82, 2.24) is 9.29 Å². The Hall–Kier alpha value is -2.37. The second-order valence-corrected chi connectivity index (χ2v) is 13.1. The van der Waals surface area contributed by atoms with Crippen LogP contribution in [0.3, 0.4) is 0 Å². The van der Waals surface area contributed by atoms with Crippen LogP contribution < -0.4 is 4.90 Å². The molecule has 3 heterocycles. The number of hydrogen-bond acceptors (Lipinski definition) is 6. The number of aromatic nitrogens is 1. The molecule has 11 heteroatoms. The van der Waals surface area contributed by atoms with Gasteiger partial charge in [-0.05, 0) is 48.7 Å². The number of carbonyl (C=O) groups is 1. The minimum atomic E-state index is -3.64. The van der Waals surface area contributed by atoms with Crippen molar-refractivity contribution < 1.29 is 17.6 Å². The normalized spacial score (nSPS) is 15.5. The van der Waals surface area contributed by atoms with E-state index in [-0.39, 0.29) is 34.9 Å². The SMILES string of the molecule is O=C(C1CCN(S(=O)(=O)c2ccc(Cl)s2)CC1)N(Cc1ccccc1)c1nc2ccc(F)cc2s1. The average Bonchev–Trinajstić information content (AvgIpc) is 3.49. The van der Waals surface area contributed by atoms with Crippen LogP contribution >= 0.6 is 34.3 Å². The lowest BCUT2D eigenvalue weighted by atomic mass is 9.96. The summed E-state index contributed by atoms with van der Waals surface area (Å²) in [5, 5.41) is 0.503. The van der Waals surface area contributed by atoms with Crippen LogP contribution in [0.5, 0.6) is 0 Å². The van der Waals surface area contributed by atoms with Crippen LogP contribution in [-0.2, 0) is 21.4 Å². The van der Waals surface area contributed by atoms with Gasteiger partial charge in [-0.3, -0.25) is 9.69 Å². The Labute approximate surface area is 215 Å². The van der Waals surface area contributed by atoms with E-state index in [9.17, 15) is 17.6 Å². The zero-order valence-electron chi connectivity index (χ0n) is 18.4. The van der Waals surface area contributed by atoms with Gasteiger partial charge in [-0.1, -0.05) is 53.3 Å². The molecule has 1 amide bonds. The first-order valence-corrected chi connectivity index (χ1v) is 14.4. The molecule has 35 heavy (non-hydrogen) atoms. The molecule has 0 unspecified atom stereocenters. The Balaban J connectivity index is 1.37. The molecule has 182 valence electrons. The molecule has 1 aliphatic heterocycles. The zero-order chi connectivity index (χ0) is 24.6. The highest BCUT2D eigenvalue weighted by molar-refractivity contribution is 7.91. The molecule has 2 aromatic carbocycles. The molecule has 0 radical (unpaired) electrons. The summed E-state index contributed by atoms with van der Waals surface area (Å²) in [5.74, 6) is -0.806. The minimum absolute atomic E-state index is 0.107. The van der Waals surface area contributed by atoms with E-state index in [1.165, 1.54) is 33.8 Å². The summed E-state index contributed by atoms with van der Waals surface area (Å²) in [5.41, 5.74) is 1.58. The quantitative estimate of drug-likeness (QED) is 0.305. The number of halogens is 2. The monoisotopic (exact) mass is 549 g/mol. The van der Waals surface area contributed by atoms with Crippen LogP contribution in [0.1, 0.15) is 18.4 Å². The Kier molecular flexibility index (Phi) is 6.91. The van der Waals surface area contributed by atoms with E-state index in [0.29, 0.717) is 39.1 Å². The third kappa shape index (κ3) is 5.12. The Bertz CT molecular complexity index is 1460. The Morgan fingerprint density at radius 3 is 2.51 bits per heavy atom. The summed E-state index contributed by atoms with van der Waals surface area (Å²) in [4.78, 5) is 20.0. The predicted molar refractivity (Wildman–Crippen MR) is 138 cm³/mol. The van der Waals surface area contributed by atoms with Gasteiger partial charge in [-0.15, -0.1) is 11.3 Å². The molecule has 1 saturated heterocycles. The first-order valence-electron chi connectivity index (χ1n) is 11.0. The maximum absolute atomic E-state index is 13.7. The van der Waals surface area contributed by atoms with E-state index >= 15 is 0 Å². The maximum Gasteiger partial charge on any atom is 0.252 e. The molecule has 0 aliphatic carbocycles. The van der Waals surface area contributed by atoms with E-state index in [2.05, 4.69) is 4.98 Å². The smallest absolute Gasteiger partial charge is 0.252 e. The number of thiazole rings is 1. The number of fused-ring (bicyclic) bond motifs is 1. The van der Waals surface area contributed by atoms with Crippen molar-refractivity contribution in [1.29, 1.82) is 0 Å². The lowest BCUT2D eigenvalue weighted by Gasteiger charge is -2.32. The van der Waals surface area contributed by atoms with Crippen molar-refractivity contribution in [3.8, 4) is 0 Å². The molecule has 0 atom stereocenters. The van der Waals surface area contributed by atoms with Crippen LogP contribution in [0.15, 0.2) is 64.9 Å². The standard InChI is InChI=1S/C24H21ClFN3O3S3/c25-21-8-9-22(34-21)35(31,32)28-12-10-17(11-13-28)23(30)29(15-16-4-2-1-3-5-16)24-27-19-7-6-18(26)14-20(19)33-24/h1-9,14,17H,10-13,15H2. The second-order valence-electron chi connectivity index (χ2n) is 8.26. The third-order valence-corrected chi connectivity index (χ3v) is 10.6. The van der Waals surface area contributed by atoms with Crippen molar-refractivity contribution in [2.24, 2.45) is 5.92 Å². The van der Waals surface area contributed by atoms with Gasteiger partial charge >= 0.3 is 0 Å². The highest BCUT2D eigenvalue weighted by Gasteiger charge is 2.35. The van der Waals surface area contributed by atoms with Gasteiger partial charge in [0, 0.05) is 19.0 Å². The highest BCUT2D eigenvalue weighted by Crippen LogP contribution is 2.34. The number of sulfonamides is 1. The van der Waals surface area contributed by atoms with Crippen molar-refractivity contribution >= 4 is 65.6 Å². The molecule has 6 nitrogen and oxygen atoms in total. The topological polar surface area (TPSA) is 70.6 Å². The first-order chi connectivity index (χ1) is 16.8. The van der Waals surface area contributed by atoms with E-state index in [1.807, 2.05) is 30.3 Å². The minimum Gasteiger partial charge on any atom is -0.283 e. The number of thiophene rings is 1. The summed E-state index contributed by atoms with van der Waals surface area (Å²) in [6, 6.07) is 17.1. The molecular formula is C24H21ClFN3O3S3. The van der Waals surface area contributed by atoms with Gasteiger partial charge in [-0.25, -0.2) is 17.8 Å². The molecule has 4 aromatic rings. The van der Waals surface area contributed by atoms with Gasteiger partial charge < -0.3 is 0 Å². The van der Waals surface area contributed by atoms with Crippen molar-refractivity contribution in [2.45, 2.75) is 23.6 Å². The largest absolute Gasteiger partial charge is 0.283 e. The maximum atomic E-state index is 13.7. The third-order valence-electron chi connectivity index (χ3n) is 5.97. The Morgan fingerprint density at radius 2 is 1.83 bits per heavy atom. The lowest BCUT2D eigenvalue weighted by Crippen LogP contribution is -2.44. The van der Waals surface area contributed by atoms with Gasteiger partial charge in [0.05, 0.1) is 21.1 Å². The lowest BCUT2D eigenvalue weighted by molar-refractivity contribution is -0.123. The molecule has 0 spiro atoms. The van der Waals surface area contributed by atoms with Crippen LogP contribution in [0, 0.1) is 11.7 Å². The molecule has 0 bridgehead atoms. The molecule has 5 rings (SSSR count). The van der Waals surface area contributed by atoms with E-state index < -0.39 is 10.0 Å². The molecule has 0 N–H and O–H groups in total. The van der Waals surface area contributed by atoms with Gasteiger partial charge in [0.15, 0.2) is 5.13 Å². The molecule has 0 saturated carbocycles. The van der Waals surface area contributed by atoms with Gasteiger partial charge in [0.25, 0.3) is 10.0 Å². The fraction of sp³-hybridized carbons (Fsp3) is 0.250. The molecule has 2 aromatic heterocycles. The van der Waals surface area contributed by atoms with Gasteiger partial charge in [0.2, 0.25) is 5.91 Å². The number of amides is 1. The van der Waals surface area contributed by atoms with Crippen molar-refractivity contribution in [2.75, 3.05) is 18.0 Å². The fourth-order valence-electron chi connectivity index (χ4n) is 4.13. The summed E-state index contributed by atoms with van der Waals surface area (Å²) in [7, 11) is -3.64. The summed E-state index contributed by atoms with van der Waals surface area (Å²) in [6.07, 6.45) is 0.809. The van der Waals surface area contributed by atoms with Crippen LogP contribution in [0.2, 0.25) is 4.34 Å². The summed E-state index contributed by atoms with van der Waals surface area (Å²) >= 11 is 8.23. The van der Waals surface area contributed by atoms with Crippen molar-refractivity contribution in [3.05, 3.63) is 76.4 Å². The van der Waals surface area contributed by atoms with Gasteiger partial charge in [-0.2, -0.15) is 4.31 Å². The highest BCUT2D eigenvalue weighted by atomic mass is 35.5. The number of rotatable bonds is 6. The number of anilines is 1. The predicted octanol–water partition coefficient (Wildman–Crippen LogP) is 5.78. The fourth-order valence-corrected chi connectivity index (χ4v) is 8.24. The second kappa shape index (κ2) is 9.94. The average molecular weight is 550 g/mol. The van der Waals surface area contributed by atoms with Crippen LogP contribution in [-0.4, -0.2) is 36.7 Å². The first kappa shape index (κ1) is 24.3. The van der Waals surface area contributed by atoms with Crippen LogP contribution in [0.4, 0.5) is 9.52 Å². The van der Waals surface area contributed by atoms with Crippen molar-refractivity contribution in [3.63, 3.8) is 0 Å². The molecule has 1 aliphatic rings. The number of piperidine rings is 1. The summed E-state index contributed by atoms with van der Waals surface area (Å²) in [6.45, 7) is 0.825. The number of carbonyl (C=O) groups excluding carboxylic acids is 1. The van der Waals surface area contributed by atoms with E-state index in [4.69, 9.17) is 11.6 Å². The van der Waals surface area contributed by atoms with E-state index in [0.717, 1.165) is 16.9 Å². The van der Waals surface area contributed by atoms with Gasteiger partial charge in [0.1, 0.15) is 10.0 Å². The zero-order valence-corrected chi connectivity index (χ0v) is 21.6. The number of benzene rings is 2. The van der Waals surface area contributed by atoms with Crippen LogP contribution in [0.25, 0.3) is 10.2 Å². The molecule has 1 fully saturated rings. The summed E-state index contributed by atoms with van der Waals surface area (Å²) < 4.78 is 42.3. The number of nitrogens with zero attached hydrogens (tertiary/aromatic N) is 3. The molecular weight excluding hydrogens is 529 g/mol.